The molecule has 1 aliphatic heterocycles. The molecule has 176 valence electrons. The molecule has 2 aromatic rings. The number of carbonyl (C=O) groups is 2. The van der Waals surface area contributed by atoms with E-state index in [1.165, 1.54) is 11.0 Å². The maximum atomic E-state index is 14.2. The number of hydrogen-bond acceptors (Lipinski definition) is 6. The molecule has 4 rings (SSSR count). The largest absolute Gasteiger partial charge is 0.443 e. The summed E-state index contributed by atoms with van der Waals surface area (Å²) in [6, 6.07) is 2.32. The molecule has 0 unspecified atom stereocenters. The van der Waals surface area contributed by atoms with Gasteiger partial charge in [0.2, 0.25) is 5.28 Å². The summed E-state index contributed by atoms with van der Waals surface area (Å²) in [6.45, 7) is 6.27. The predicted molar refractivity (Wildman–Crippen MR) is 123 cm³/mol. The minimum absolute atomic E-state index is 0.00121. The lowest BCUT2D eigenvalue weighted by molar-refractivity contribution is 0.0575. The molecule has 1 amide bonds. The Morgan fingerprint density at radius 2 is 1.97 bits per heavy atom. The minimum Gasteiger partial charge on any atom is -0.443 e. The fourth-order valence-corrected chi connectivity index (χ4v) is 4.22. The summed E-state index contributed by atoms with van der Waals surface area (Å²) < 4.78 is 19.8. The maximum absolute atomic E-state index is 14.2. The van der Waals surface area contributed by atoms with Crippen LogP contribution in [0.1, 0.15) is 60.8 Å². The van der Waals surface area contributed by atoms with Gasteiger partial charge in [-0.2, -0.15) is 4.98 Å². The number of fused-ring (bicyclic) bond motifs is 1. The van der Waals surface area contributed by atoms with Crippen molar-refractivity contribution in [2.24, 2.45) is 5.92 Å². The zero-order valence-electron chi connectivity index (χ0n) is 18.7. The van der Waals surface area contributed by atoms with Crippen LogP contribution in [0.3, 0.4) is 0 Å². The molecular formula is C23H25Cl2FN4O3. The molecule has 0 spiro atoms. The molecule has 0 atom stereocenters. The molecule has 2 heterocycles. The third kappa shape index (κ3) is 5.45. The first-order valence-electron chi connectivity index (χ1n) is 10.8. The maximum Gasteiger partial charge on any atom is 0.416 e. The van der Waals surface area contributed by atoms with E-state index in [2.05, 4.69) is 15.3 Å². The second-order valence-electron chi connectivity index (χ2n) is 9.29. The molecule has 1 aromatic heterocycles. The van der Waals surface area contributed by atoms with E-state index in [-0.39, 0.29) is 39.9 Å². The summed E-state index contributed by atoms with van der Waals surface area (Å²) >= 11 is 12.6. The number of ether oxygens (including phenoxy) is 1. The van der Waals surface area contributed by atoms with E-state index in [1.807, 2.05) is 0 Å². The average Bonchev–Trinajstić information content (AvgIpc) is 3.55. The molecule has 0 saturated heterocycles. The third-order valence-electron chi connectivity index (χ3n) is 5.44. The summed E-state index contributed by atoms with van der Waals surface area (Å²) in [6.07, 6.45) is 1.44. The molecule has 0 bridgehead atoms. The van der Waals surface area contributed by atoms with Crippen molar-refractivity contribution in [3.05, 3.63) is 50.6 Å². The van der Waals surface area contributed by atoms with Gasteiger partial charge in [-0.25, -0.2) is 14.2 Å². The molecule has 1 aromatic carbocycles. The first-order chi connectivity index (χ1) is 15.5. The van der Waals surface area contributed by atoms with Gasteiger partial charge in [-0.1, -0.05) is 11.6 Å². The Bertz CT molecular complexity index is 1120. The molecule has 2 aliphatic rings. The predicted octanol–water partition coefficient (Wildman–Crippen LogP) is 5.10. The van der Waals surface area contributed by atoms with Crippen LogP contribution in [0.5, 0.6) is 0 Å². The van der Waals surface area contributed by atoms with Crippen LogP contribution in [-0.4, -0.2) is 34.0 Å². The number of carbonyl (C=O) groups excluding carboxylic acids is 2. The van der Waals surface area contributed by atoms with Crippen molar-refractivity contribution in [1.82, 2.24) is 15.3 Å². The van der Waals surface area contributed by atoms with Gasteiger partial charge in [0.05, 0.1) is 12.2 Å². The van der Waals surface area contributed by atoms with E-state index in [9.17, 15) is 14.0 Å². The van der Waals surface area contributed by atoms with Gasteiger partial charge in [-0.05, 0) is 57.3 Å². The molecule has 10 heteroatoms. The highest BCUT2D eigenvalue weighted by atomic mass is 35.5. The van der Waals surface area contributed by atoms with E-state index in [1.54, 1.807) is 20.8 Å². The van der Waals surface area contributed by atoms with E-state index in [0.717, 1.165) is 31.1 Å². The number of hydrogen-bond donors (Lipinski definition) is 1. The highest BCUT2D eigenvalue weighted by molar-refractivity contribution is 6.32. The monoisotopic (exact) mass is 494 g/mol. The number of rotatable bonds is 5. The Labute approximate surface area is 201 Å². The van der Waals surface area contributed by atoms with Crippen LogP contribution in [0.2, 0.25) is 10.3 Å². The normalized spacial score (nSPS) is 15.7. The lowest BCUT2D eigenvalue weighted by Crippen LogP contribution is -2.39. The summed E-state index contributed by atoms with van der Waals surface area (Å²) in [5.41, 5.74) is 1.17. The van der Waals surface area contributed by atoms with Crippen LogP contribution in [0.15, 0.2) is 12.1 Å². The SMILES string of the molecule is CC(C)(C)OC(=O)N(Cc1c(Cl)cc(F)cc1C(=O)C1CC1)c1nc(Cl)nc2c1CNCC2. The van der Waals surface area contributed by atoms with Crippen molar-refractivity contribution >= 4 is 40.9 Å². The van der Waals surface area contributed by atoms with Crippen molar-refractivity contribution in [2.45, 2.75) is 58.7 Å². The lowest BCUT2D eigenvalue weighted by Gasteiger charge is -2.30. The number of halogens is 3. The van der Waals surface area contributed by atoms with Crippen LogP contribution in [0, 0.1) is 11.7 Å². The van der Waals surface area contributed by atoms with Gasteiger partial charge in [-0.15, -0.1) is 0 Å². The van der Waals surface area contributed by atoms with E-state index < -0.39 is 17.5 Å². The van der Waals surface area contributed by atoms with E-state index in [0.29, 0.717) is 24.1 Å². The lowest BCUT2D eigenvalue weighted by atomic mass is 9.99. The van der Waals surface area contributed by atoms with E-state index in [4.69, 9.17) is 27.9 Å². The number of amides is 1. The first kappa shape index (κ1) is 23.9. The Kier molecular flexibility index (Phi) is 6.62. The van der Waals surface area contributed by atoms with Crippen LogP contribution in [-0.2, 0) is 24.2 Å². The van der Waals surface area contributed by atoms with Crippen molar-refractivity contribution < 1.29 is 18.7 Å². The van der Waals surface area contributed by atoms with Gasteiger partial charge in [0.1, 0.15) is 17.2 Å². The topological polar surface area (TPSA) is 84.4 Å². The molecule has 33 heavy (non-hydrogen) atoms. The molecule has 0 radical (unpaired) electrons. The van der Waals surface area contributed by atoms with Gasteiger partial charge in [0, 0.05) is 47.1 Å². The minimum atomic E-state index is -0.788. The van der Waals surface area contributed by atoms with Gasteiger partial charge in [0.25, 0.3) is 0 Å². The second-order valence-corrected chi connectivity index (χ2v) is 10.0. The van der Waals surface area contributed by atoms with Crippen LogP contribution >= 0.6 is 23.2 Å². The number of nitrogens with zero attached hydrogens (tertiary/aromatic N) is 3. The van der Waals surface area contributed by atoms with E-state index >= 15 is 0 Å². The summed E-state index contributed by atoms with van der Waals surface area (Å²) in [5.74, 6) is -0.665. The zero-order valence-corrected chi connectivity index (χ0v) is 20.2. The Morgan fingerprint density at radius 1 is 1.24 bits per heavy atom. The molecule has 7 nitrogen and oxygen atoms in total. The molecular weight excluding hydrogens is 470 g/mol. The van der Waals surface area contributed by atoms with Crippen molar-refractivity contribution in [2.75, 3.05) is 11.4 Å². The van der Waals surface area contributed by atoms with Crippen molar-refractivity contribution in [1.29, 1.82) is 0 Å². The Balaban J connectivity index is 1.82. The van der Waals surface area contributed by atoms with Gasteiger partial charge in [0.15, 0.2) is 5.78 Å². The van der Waals surface area contributed by atoms with Crippen LogP contribution in [0.25, 0.3) is 0 Å². The fourth-order valence-electron chi connectivity index (χ4n) is 3.77. The van der Waals surface area contributed by atoms with Crippen molar-refractivity contribution in [3.63, 3.8) is 0 Å². The first-order valence-corrected chi connectivity index (χ1v) is 11.6. The highest BCUT2D eigenvalue weighted by Crippen LogP contribution is 2.37. The highest BCUT2D eigenvalue weighted by Gasteiger charge is 2.35. The Hall–Kier alpha value is -2.29. The molecule has 1 fully saturated rings. The number of Topliss-reactive ketones (excluding diaryl/α,β-unsaturated/α-hetero) is 1. The van der Waals surface area contributed by atoms with Crippen LogP contribution < -0.4 is 10.2 Å². The van der Waals surface area contributed by atoms with Crippen molar-refractivity contribution in [3.8, 4) is 0 Å². The summed E-state index contributed by atoms with van der Waals surface area (Å²) in [5, 5.41) is 3.30. The molecule has 1 saturated carbocycles. The number of nitrogens with one attached hydrogen (secondary N) is 1. The average molecular weight is 495 g/mol. The van der Waals surface area contributed by atoms with Crippen LogP contribution in [0.4, 0.5) is 15.0 Å². The van der Waals surface area contributed by atoms with Gasteiger partial charge < -0.3 is 10.1 Å². The third-order valence-corrected chi connectivity index (χ3v) is 5.95. The Morgan fingerprint density at radius 3 is 2.64 bits per heavy atom. The summed E-state index contributed by atoms with van der Waals surface area (Å²) in [4.78, 5) is 36.2. The standard InChI is InChI=1S/C23H25Cl2FN4O3/c1-23(2,3)33-22(32)30(20-15-10-27-7-6-18(15)28-21(25)29-20)11-16-14(19(31)12-4-5-12)8-13(26)9-17(16)24/h8-9,12,27H,4-7,10-11H2,1-3H3. The van der Waals surface area contributed by atoms with Gasteiger partial charge >= 0.3 is 6.09 Å². The smallest absolute Gasteiger partial charge is 0.416 e. The summed E-state index contributed by atoms with van der Waals surface area (Å²) in [7, 11) is 0. The number of aromatic nitrogens is 2. The fraction of sp³-hybridized carbons (Fsp3) is 0.478. The second kappa shape index (κ2) is 9.16. The number of anilines is 1. The number of ketones is 1. The number of benzene rings is 1. The molecule has 1 N–H and O–H groups in total. The van der Waals surface area contributed by atoms with Gasteiger partial charge in [-0.3, -0.25) is 9.69 Å². The zero-order chi connectivity index (χ0) is 23.9. The quantitative estimate of drug-likeness (QED) is 0.459. The molecule has 1 aliphatic carbocycles.